The largest absolute Gasteiger partial charge is 0.326 e. The second-order valence-corrected chi connectivity index (χ2v) is 3.80. The Morgan fingerprint density at radius 1 is 1.20 bits per heavy atom. The number of hydrogen-bond acceptors (Lipinski definition) is 2. The highest BCUT2D eigenvalue weighted by Gasteiger charge is 2.15. The number of hydrogen-bond donors (Lipinski definition) is 1. The highest BCUT2D eigenvalue weighted by molar-refractivity contribution is 5.94. The van der Waals surface area contributed by atoms with Crippen molar-refractivity contribution in [3.8, 4) is 0 Å². The number of benzene rings is 1. The van der Waals surface area contributed by atoms with Crippen LogP contribution in [0.5, 0.6) is 0 Å². The Morgan fingerprint density at radius 2 is 2.00 bits per heavy atom. The summed E-state index contributed by atoms with van der Waals surface area (Å²) in [6, 6.07) is 9.47. The van der Waals surface area contributed by atoms with E-state index >= 15 is 0 Å². The molecule has 1 N–H and O–H groups in total. The highest BCUT2D eigenvalue weighted by Crippen LogP contribution is 2.06. The van der Waals surface area contributed by atoms with Crippen LogP contribution in [0, 0.1) is 0 Å². The van der Waals surface area contributed by atoms with E-state index in [-0.39, 0.29) is 5.91 Å². The topological polar surface area (TPSA) is 32.3 Å². The quantitative estimate of drug-likeness (QED) is 0.751. The summed E-state index contributed by atoms with van der Waals surface area (Å²) in [7, 11) is 0. The third-order valence-electron chi connectivity index (χ3n) is 2.64. The van der Waals surface area contributed by atoms with Gasteiger partial charge in [-0.1, -0.05) is 18.2 Å². The van der Waals surface area contributed by atoms with Crippen LogP contribution >= 0.6 is 0 Å². The molecule has 1 aliphatic rings. The Morgan fingerprint density at radius 3 is 2.80 bits per heavy atom. The SMILES string of the molecule is O=C(c1ccccc1)N1CCCCNC1. The van der Waals surface area contributed by atoms with E-state index in [1.807, 2.05) is 35.2 Å². The molecular weight excluding hydrogens is 188 g/mol. The van der Waals surface area contributed by atoms with E-state index in [0.717, 1.165) is 31.5 Å². The lowest BCUT2D eigenvalue weighted by molar-refractivity contribution is 0.0753. The smallest absolute Gasteiger partial charge is 0.254 e. The number of nitrogens with zero attached hydrogens (tertiary/aromatic N) is 1. The number of carbonyl (C=O) groups excluding carboxylic acids is 1. The molecule has 1 aliphatic heterocycles. The van der Waals surface area contributed by atoms with E-state index in [0.29, 0.717) is 6.67 Å². The van der Waals surface area contributed by atoms with Gasteiger partial charge < -0.3 is 4.90 Å². The molecule has 1 aromatic carbocycles. The normalized spacial score (nSPS) is 17.2. The molecule has 0 bridgehead atoms. The van der Waals surface area contributed by atoms with E-state index in [4.69, 9.17) is 0 Å². The molecule has 0 aromatic heterocycles. The fourth-order valence-electron chi connectivity index (χ4n) is 1.78. The van der Waals surface area contributed by atoms with Crippen molar-refractivity contribution in [3.05, 3.63) is 35.9 Å². The summed E-state index contributed by atoms with van der Waals surface area (Å²) in [4.78, 5) is 13.9. The van der Waals surface area contributed by atoms with Crippen molar-refractivity contribution >= 4 is 5.91 Å². The lowest BCUT2D eigenvalue weighted by atomic mass is 10.2. The van der Waals surface area contributed by atoms with Crippen molar-refractivity contribution in [2.45, 2.75) is 12.8 Å². The van der Waals surface area contributed by atoms with Crippen molar-refractivity contribution < 1.29 is 4.79 Å². The van der Waals surface area contributed by atoms with Gasteiger partial charge in [0.1, 0.15) is 0 Å². The Hall–Kier alpha value is -1.35. The summed E-state index contributed by atoms with van der Waals surface area (Å²) >= 11 is 0. The minimum atomic E-state index is 0.130. The molecule has 1 fully saturated rings. The van der Waals surface area contributed by atoms with Crippen LogP contribution < -0.4 is 5.32 Å². The summed E-state index contributed by atoms with van der Waals surface area (Å²) in [6.45, 7) is 2.55. The first-order valence-electron chi connectivity index (χ1n) is 5.43. The molecule has 0 spiro atoms. The summed E-state index contributed by atoms with van der Waals surface area (Å²) in [5, 5.41) is 3.25. The van der Waals surface area contributed by atoms with Crippen molar-refractivity contribution in [3.63, 3.8) is 0 Å². The van der Waals surface area contributed by atoms with Crippen LogP contribution in [0.3, 0.4) is 0 Å². The maximum atomic E-state index is 12.0. The molecule has 15 heavy (non-hydrogen) atoms. The second kappa shape index (κ2) is 4.94. The van der Waals surface area contributed by atoms with Crippen molar-refractivity contribution in [2.75, 3.05) is 19.8 Å². The van der Waals surface area contributed by atoms with Crippen molar-refractivity contribution in [2.24, 2.45) is 0 Å². The van der Waals surface area contributed by atoms with E-state index in [1.54, 1.807) is 0 Å². The highest BCUT2D eigenvalue weighted by atomic mass is 16.2. The molecular formula is C12H16N2O. The van der Waals surface area contributed by atoms with E-state index in [1.165, 1.54) is 0 Å². The minimum Gasteiger partial charge on any atom is -0.326 e. The second-order valence-electron chi connectivity index (χ2n) is 3.80. The fraction of sp³-hybridized carbons (Fsp3) is 0.417. The monoisotopic (exact) mass is 204 g/mol. The molecule has 3 heteroatoms. The molecule has 80 valence electrons. The first-order chi connectivity index (χ1) is 7.38. The predicted molar refractivity (Wildman–Crippen MR) is 59.6 cm³/mol. The lowest BCUT2D eigenvalue weighted by Crippen LogP contribution is -2.37. The van der Waals surface area contributed by atoms with Crippen molar-refractivity contribution in [1.29, 1.82) is 0 Å². The van der Waals surface area contributed by atoms with Gasteiger partial charge in [0.25, 0.3) is 5.91 Å². The maximum absolute atomic E-state index is 12.0. The minimum absolute atomic E-state index is 0.130. The summed E-state index contributed by atoms with van der Waals surface area (Å²) in [5.41, 5.74) is 0.779. The molecule has 2 rings (SSSR count). The average Bonchev–Trinajstić information content (AvgIpc) is 2.58. The fourth-order valence-corrected chi connectivity index (χ4v) is 1.78. The van der Waals surface area contributed by atoms with Gasteiger partial charge in [-0.2, -0.15) is 0 Å². The third kappa shape index (κ3) is 2.57. The van der Waals surface area contributed by atoms with Crippen LogP contribution in [0.15, 0.2) is 30.3 Å². The van der Waals surface area contributed by atoms with Gasteiger partial charge in [-0.25, -0.2) is 0 Å². The van der Waals surface area contributed by atoms with E-state index in [2.05, 4.69) is 5.32 Å². The Balaban J connectivity index is 2.06. The molecule has 3 nitrogen and oxygen atoms in total. The zero-order chi connectivity index (χ0) is 10.5. The van der Waals surface area contributed by atoms with Gasteiger partial charge in [0.15, 0.2) is 0 Å². The van der Waals surface area contributed by atoms with E-state index < -0.39 is 0 Å². The van der Waals surface area contributed by atoms with Gasteiger partial charge >= 0.3 is 0 Å². The first-order valence-corrected chi connectivity index (χ1v) is 5.43. The summed E-state index contributed by atoms with van der Waals surface area (Å²) in [5.74, 6) is 0.130. The van der Waals surface area contributed by atoms with Gasteiger partial charge in [0, 0.05) is 12.1 Å². The Bertz CT molecular complexity index is 316. The van der Waals surface area contributed by atoms with Crippen LogP contribution in [0.2, 0.25) is 0 Å². The number of carbonyl (C=O) groups is 1. The molecule has 0 saturated carbocycles. The lowest BCUT2D eigenvalue weighted by Gasteiger charge is -2.20. The molecule has 1 amide bonds. The van der Waals surface area contributed by atoms with Crippen LogP contribution in [0.1, 0.15) is 23.2 Å². The van der Waals surface area contributed by atoms with Crippen LogP contribution in [-0.4, -0.2) is 30.6 Å². The average molecular weight is 204 g/mol. The van der Waals surface area contributed by atoms with Gasteiger partial charge in [0.05, 0.1) is 6.67 Å². The number of amides is 1. The summed E-state index contributed by atoms with van der Waals surface area (Å²) in [6.07, 6.45) is 2.24. The van der Waals surface area contributed by atoms with Gasteiger partial charge in [-0.3, -0.25) is 10.1 Å². The van der Waals surface area contributed by atoms with Crippen LogP contribution in [0.25, 0.3) is 0 Å². The molecule has 0 radical (unpaired) electrons. The number of nitrogens with one attached hydrogen (secondary N) is 1. The van der Waals surface area contributed by atoms with Gasteiger partial charge in [-0.15, -0.1) is 0 Å². The first kappa shape index (κ1) is 10.2. The van der Waals surface area contributed by atoms with E-state index in [9.17, 15) is 4.79 Å². The van der Waals surface area contributed by atoms with Crippen LogP contribution in [-0.2, 0) is 0 Å². The number of rotatable bonds is 1. The molecule has 1 saturated heterocycles. The Labute approximate surface area is 90.1 Å². The van der Waals surface area contributed by atoms with Crippen LogP contribution in [0.4, 0.5) is 0 Å². The third-order valence-corrected chi connectivity index (χ3v) is 2.64. The molecule has 1 heterocycles. The van der Waals surface area contributed by atoms with Gasteiger partial charge in [-0.05, 0) is 31.5 Å². The Kier molecular flexibility index (Phi) is 3.35. The summed E-state index contributed by atoms with van der Waals surface area (Å²) < 4.78 is 0. The standard InChI is InChI=1S/C12H16N2O/c15-12(11-6-2-1-3-7-11)14-9-5-4-8-13-10-14/h1-3,6-7,13H,4-5,8-10H2. The zero-order valence-corrected chi connectivity index (χ0v) is 8.78. The molecule has 0 atom stereocenters. The van der Waals surface area contributed by atoms with Crippen molar-refractivity contribution in [1.82, 2.24) is 10.2 Å². The molecule has 0 aliphatic carbocycles. The molecule has 0 unspecified atom stereocenters. The molecule has 1 aromatic rings. The van der Waals surface area contributed by atoms with Gasteiger partial charge in [0.2, 0.25) is 0 Å². The predicted octanol–water partition coefficient (Wildman–Crippen LogP) is 1.47. The maximum Gasteiger partial charge on any atom is 0.254 e. The zero-order valence-electron chi connectivity index (χ0n) is 8.78.